The Morgan fingerprint density at radius 1 is 1.33 bits per heavy atom. The monoisotopic (exact) mass is 303 g/mol. The molecule has 0 saturated heterocycles. The third-order valence-corrected chi connectivity index (χ3v) is 4.30. The van der Waals surface area contributed by atoms with E-state index in [4.69, 9.17) is 4.42 Å². The Morgan fingerprint density at radius 3 is 2.86 bits per heavy atom. The fourth-order valence-electron chi connectivity index (χ4n) is 2.03. The molecule has 3 aromatic rings. The van der Waals surface area contributed by atoms with Crippen LogP contribution < -0.4 is 5.32 Å². The first kappa shape index (κ1) is 13.6. The molecule has 21 heavy (non-hydrogen) atoms. The molecule has 1 N–H and O–H groups in total. The van der Waals surface area contributed by atoms with Crippen molar-refractivity contribution in [2.24, 2.45) is 0 Å². The predicted molar refractivity (Wildman–Crippen MR) is 81.7 cm³/mol. The number of aromatic nitrogens is 1. The van der Waals surface area contributed by atoms with E-state index in [1.807, 2.05) is 0 Å². The van der Waals surface area contributed by atoms with Gasteiger partial charge in [-0.1, -0.05) is 13.0 Å². The largest absolute Gasteiger partial charge is 0.423 e. The highest BCUT2D eigenvalue weighted by Gasteiger charge is 2.17. The molecule has 0 bridgehead atoms. The van der Waals surface area contributed by atoms with E-state index >= 15 is 0 Å². The molecular weight excluding hydrogens is 290 g/mol. The number of non-ortho nitro benzene ring substituents is 1. The molecule has 0 spiro atoms. The number of nitrogens with one attached hydrogen (secondary N) is 1. The minimum Gasteiger partial charge on any atom is -0.423 e. The molecule has 2 aromatic heterocycles. The number of para-hydroxylation sites is 1. The normalized spacial score (nSPS) is 10.9. The number of nitrogens with zero attached hydrogens (tertiary/aromatic N) is 2. The SMILES string of the molecule is CCc1ccc(CNc2nc3c([N+](=O)[O-])cccc3o2)s1. The van der Waals surface area contributed by atoms with E-state index in [1.54, 1.807) is 23.5 Å². The van der Waals surface area contributed by atoms with Crippen LogP contribution in [0.25, 0.3) is 11.1 Å². The molecule has 0 radical (unpaired) electrons. The highest BCUT2D eigenvalue weighted by Crippen LogP contribution is 2.27. The van der Waals surface area contributed by atoms with Crippen molar-refractivity contribution >= 4 is 34.1 Å². The lowest BCUT2D eigenvalue weighted by molar-refractivity contribution is -0.383. The molecule has 3 rings (SSSR count). The maximum Gasteiger partial charge on any atom is 0.298 e. The van der Waals surface area contributed by atoms with Crippen molar-refractivity contribution in [3.05, 3.63) is 50.2 Å². The molecule has 0 aliphatic rings. The fraction of sp³-hybridized carbons (Fsp3) is 0.214. The first-order valence-corrected chi connectivity index (χ1v) is 7.34. The van der Waals surface area contributed by atoms with Crippen molar-refractivity contribution in [2.45, 2.75) is 19.9 Å². The quantitative estimate of drug-likeness (QED) is 0.569. The van der Waals surface area contributed by atoms with E-state index in [1.165, 1.54) is 15.8 Å². The molecule has 2 heterocycles. The molecule has 7 heteroatoms. The lowest BCUT2D eigenvalue weighted by Gasteiger charge is -1.97. The van der Waals surface area contributed by atoms with Gasteiger partial charge in [0.2, 0.25) is 0 Å². The van der Waals surface area contributed by atoms with Crippen LogP contribution in [0, 0.1) is 10.1 Å². The van der Waals surface area contributed by atoms with Gasteiger partial charge in [0.1, 0.15) is 0 Å². The Labute approximate surface area is 124 Å². The lowest BCUT2D eigenvalue weighted by Crippen LogP contribution is -1.97. The maximum absolute atomic E-state index is 10.9. The number of hydrogen-bond donors (Lipinski definition) is 1. The van der Waals surface area contributed by atoms with Crippen molar-refractivity contribution < 1.29 is 9.34 Å². The standard InChI is InChI=1S/C14H13N3O3S/c1-2-9-6-7-10(21-9)8-15-14-16-13-11(17(18)19)4-3-5-12(13)20-14/h3-7H,2,8H2,1H3,(H,15,16). The summed E-state index contributed by atoms with van der Waals surface area (Å²) in [4.78, 5) is 17.1. The molecule has 1 aromatic carbocycles. The van der Waals surface area contributed by atoms with Gasteiger partial charge >= 0.3 is 0 Å². The number of hydrogen-bond acceptors (Lipinski definition) is 6. The second kappa shape index (κ2) is 5.53. The van der Waals surface area contributed by atoms with Gasteiger partial charge in [-0.25, -0.2) is 0 Å². The van der Waals surface area contributed by atoms with Gasteiger partial charge in [-0.3, -0.25) is 10.1 Å². The summed E-state index contributed by atoms with van der Waals surface area (Å²) in [6.45, 7) is 2.70. The lowest BCUT2D eigenvalue weighted by atomic mass is 10.3. The molecule has 0 saturated carbocycles. The summed E-state index contributed by atoms with van der Waals surface area (Å²) in [6.07, 6.45) is 1.01. The van der Waals surface area contributed by atoms with E-state index in [2.05, 4.69) is 29.4 Å². The van der Waals surface area contributed by atoms with Crippen LogP contribution in [0.3, 0.4) is 0 Å². The van der Waals surface area contributed by atoms with Gasteiger partial charge in [-0.15, -0.1) is 11.3 Å². The van der Waals surface area contributed by atoms with Crippen molar-refractivity contribution in [3.63, 3.8) is 0 Å². The molecule has 0 aliphatic carbocycles. The van der Waals surface area contributed by atoms with Gasteiger partial charge in [0.05, 0.1) is 11.5 Å². The number of rotatable bonds is 5. The summed E-state index contributed by atoms with van der Waals surface area (Å²) in [6, 6.07) is 9.12. The van der Waals surface area contributed by atoms with Crippen molar-refractivity contribution in [2.75, 3.05) is 5.32 Å². The van der Waals surface area contributed by atoms with Gasteiger partial charge < -0.3 is 9.73 Å². The van der Waals surface area contributed by atoms with Crippen LogP contribution in [0.5, 0.6) is 0 Å². The second-order valence-electron chi connectivity index (χ2n) is 4.48. The Balaban J connectivity index is 1.81. The number of anilines is 1. The molecule has 6 nitrogen and oxygen atoms in total. The molecule has 0 aliphatic heterocycles. The van der Waals surface area contributed by atoms with Gasteiger partial charge in [0.25, 0.3) is 11.7 Å². The van der Waals surface area contributed by atoms with Crippen LogP contribution in [0.4, 0.5) is 11.7 Å². The molecule has 0 unspecified atom stereocenters. The summed E-state index contributed by atoms with van der Waals surface area (Å²) < 4.78 is 5.49. The topological polar surface area (TPSA) is 81.2 Å². The number of nitro benzene ring substituents is 1. The Bertz CT molecular complexity index is 794. The molecule has 0 atom stereocenters. The van der Waals surface area contributed by atoms with Crippen LogP contribution in [-0.4, -0.2) is 9.91 Å². The second-order valence-corrected chi connectivity index (χ2v) is 5.73. The van der Waals surface area contributed by atoms with E-state index in [-0.39, 0.29) is 11.2 Å². The van der Waals surface area contributed by atoms with Gasteiger partial charge in [-0.2, -0.15) is 4.98 Å². The molecular formula is C14H13N3O3S. The zero-order valence-corrected chi connectivity index (χ0v) is 12.1. The van der Waals surface area contributed by atoms with E-state index in [0.29, 0.717) is 18.1 Å². The summed E-state index contributed by atoms with van der Waals surface area (Å²) in [5.74, 6) is 0. The maximum atomic E-state index is 10.9. The van der Waals surface area contributed by atoms with Crippen molar-refractivity contribution in [1.82, 2.24) is 4.98 Å². The molecule has 0 fully saturated rings. The first-order chi connectivity index (χ1) is 10.2. The average Bonchev–Trinajstić information content (AvgIpc) is 3.10. The van der Waals surface area contributed by atoms with Gasteiger partial charge in [-0.05, 0) is 24.6 Å². The summed E-state index contributed by atoms with van der Waals surface area (Å²) >= 11 is 1.73. The number of benzene rings is 1. The summed E-state index contributed by atoms with van der Waals surface area (Å²) in [7, 11) is 0. The van der Waals surface area contributed by atoms with Gasteiger partial charge in [0.15, 0.2) is 11.1 Å². The predicted octanol–water partition coefficient (Wildman–Crippen LogP) is 3.97. The highest BCUT2D eigenvalue weighted by molar-refractivity contribution is 7.12. The van der Waals surface area contributed by atoms with Gasteiger partial charge in [0, 0.05) is 15.8 Å². The fourth-order valence-corrected chi connectivity index (χ4v) is 2.92. The average molecular weight is 303 g/mol. The van der Waals surface area contributed by atoms with E-state index in [0.717, 1.165) is 6.42 Å². The Kier molecular flexibility index (Phi) is 3.57. The summed E-state index contributed by atoms with van der Waals surface area (Å²) in [5.41, 5.74) is 0.631. The van der Waals surface area contributed by atoms with Crippen LogP contribution >= 0.6 is 11.3 Å². The molecule has 108 valence electrons. The van der Waals surface area contributed by atoms with E-state index < -0.39 is 4.92 Å². The Hall–Kier alpha value is -2.41. The van der Waals surface area contributed by atoms with Crippen molar-refractivity contribution in [1.29, 1.82) is 0 Å². The van der Waals surface area contributed by atoms with Crippen LogP contribution in [0.1, 0.15) is 16.7 Å². The minimum absolute atomic E-state index is 0.0475. The number of oxazole rings is 1. The third kappa shape index (κ3) is 2.73. The minimum atomic E-state index is -0.457. The smallest absolute Gasteiger partial charge is 0.298 e. The van der Waals surface area contributed by atoms with Crippen molar-refractivity contribution in [3.8, 4) is 0 Å². The number of fused-ring (bicyclic) bond motifs is 1. The summed E-state index contributed by atoms with van der Waals surface area (Å²) in [5, 5.41) is 14.0. The number of aryl methyl sites for hydroxylation is 1. The highest BCUT2D eigenvalue weighted by atomic mass is 32.1. The Morgan fingerprint density at radius 2 is 2.14 bits per heavy atom. The number of thiophene rings is 1. The van der Waals surface area contributed by atoms with Crippen LogP contribution in [0.15, 0.2) is 34.7 Å². The van der Waals surface area contributed by atoms with Crippen LogP contribution in [0.2, 0.25) is 0 Å². The zero-order valence-electron chi connectivity index (χ0n) is 11.3. The third-order valence-electron chi connectivity index (χ3n) is 3.07. The molecule has 0 amide bonds. The first-order valence-electron chi connectivity index (χ1n) is 6.52. The zero-order chi connectivity index (χ0) is 14.8. The van der Waals surface area contributed by atoms with Crippen LogP contribution in [-0.2, 0) is 13.0 Å². The van der Waals surface area contributed by atoms with E-state index in [9.17, 15) is 10.1 Å². The number of nitro groups is 1.